The largest absolute Gasteiger partial charge is 0.393 e. The summed E-state index contributed by atoms with van der Waals surface area (Å²) >= 11 is 0. The predicted molar refractivity (Wildman–Crippen MR) is 96.2 cm³/mol. The van der Waals surface area contributed by atoms with E-state index in [0.29, 0.717) is 18.3 Å². The van der Waals surface area contributed by atoms with Crippen LogP contribution >= 0.6 is 0 Å². The molecule has 0 aromatic carbocycles. The van der Waals surface area contributed by atoms with Crippen molar-refractivity contribution in [1.82, 2.24) is 0 Å². The van der Waals surface area contributed by atoms with Gasteiger partial charge < -0.3 is 20.4 Å². The van der Waals surface area contributed by atoms with Gasteiger partial charge in [-0.3, -0.25) is 4.79 Å². The third kappa shape index (κ3) is 2.27. The first kappa shape index (κ1) is 18.9. The molecule has 0 aromatic rings. The Labute approximate surface area is 155 Å². The summed E-state index contributed by atoms with van der Waals surface area (Å²) in [5, 5.41) is 42.0. The standard InChI is InChI=1S/C21H34O5/c1-19-7-5-13(23)9-12(19)3-4-15-14(19)6-8-20(2)18(17(25)11-22)16(24)10-21(15,20)26/h12-16,18,22-24,26H,3-11H2,1-2H3/t12-,13+,14+,15-,16+,18-,19+,20-,21+/m1/s1. The van der Waals surface area contributed by atoms with Gasteiger partial charge in [0.2, 0.25) is 0 Å². The van der Waals surface area contributed by atoms with E-state index in [9.17, 15) is 25.2 Å². The lowest BCUT2D eigenvalue weighted by Gasteiger charge is -2.63. The molecule has 0 heterocycles. The van der Waals surface area contributed by atoms with E-state index in [4.69, 9.17) is 0 Å². The third-order valence-electron chi connectivity index (χ3n) is 9.34. The summed E-state index contributed by atoms with van der Waals surface area (Å²) in [6.07, 6.45) is 5.43. The SMILES string of the molecule is C[C@]12CC[C@H](O)C[C@H]1CC[C@@H]1[C@@H]2CC[C@]2(C)[C@@H](C(=O)CO)[C@@H](O)C[C@]12O. The van der Waals surface area contributed by atoms with E-state index < -0.39 is 29.6 Å². The number of ketones is 1. The number of hydrogen-bond acceptors (Lipinski definition) is 5. The van der Waals surface area contributed by atoms with E-state index >= 15 is 0 Å². The normalized spacial score (nSPS) is 56.4. The van der Waals surface area contributed by atoms with Gasteiger partial charge in [-0.15, -0.1) is 0 Å². The van der Waals surface area contributed by atoms with Crippen LogP contribution in [0.5, 0.6) is 0 Å². The van der Waals surface area contributed by atoms with E-state index in [1.165, 1.54) is 0 Å². The molecule has 0 unspecified atom stereocenters. The first-order chi connectivity index (χ1) is 12.2. The van der Waals surface area contributed by atoms with Gasteiger partial charge in [0.15, 0.2) is 5.78 Å². The number of carbonyl (C=O) groups excluding carboxylic acids is 1. The van der Waals surface area contributed by atoms with Gasteiger partial charge in [-0.1, -0.05) is 13.8 Å². The van der Waals surface area contributed by atoms with Crippen molar-refractivity contribution in [2.24, 2.45) is 34.5 Å². The zero-order valence-electron chi connectivity index (χ0n) is 16.0. The molecule has 0 aromatic heterocycles. The Morgan fingerprint density at radius 1 is 1.04 bits per heavy atom. The number of carbonyl (C=O) groups is 1. The van der Waals surface area contributed by atoms with E-state index in [2.05, 4.69) is 6.92 Å². The maximum absolute atomic E-state index is 12.4. The van der Waals surface area contributed by atoms with E-state index in [0.717, 1.165) is 38.5 Å². The molecule has 26 heavy (non-hydrogen) atoms. The van der Waals surface area contributed by atoms with Gasteiger partial charge in [-0.25, -0.2) is 0 Å². The second-order valence-corrected chi connectivity index (χ2v) is 10.2. The van der Waals surface area contributed by atoms with Crippen LogP contribution in [-0.2, 0) is 4.79 Å². The van der Waals surface area contributed by atoms with Gasteiger partial charge in [0.1, 0.15) is 6.61 Å². The molecule has 0 aliphatic heterocycles. The Morgan fingerprint density at radius 2 is 1.77 bits per heavy atom. The molecule has 4 N–H and O–H groups in total. The predicted octanol–water partition coefficient (Wildman–Crippen LogP) is 1.65. The van der Waals surface area contributed by atoms with Crippen LogP contribution in [0.25, 0.3) is 0 Å². The quantitative estimate of drug-likeness (QED) is 0.596. The molecule has 0 radical (unpaired) electrons. The molecule has 4 aliphatic rings. The zero-order valence-corrected chi connectivity index (χ0v) is 16.0. The highest BCUT2D eigenvalue weighted by Gasteiger charge is 2.70. The number of Topliss-reactive ketones (excluding diaryl/α,β-unsaturated/α-hetero) is 1. The Balaban J connectivity index is 1.69. The Morgan fingerprint density at radius 3 is 2.46 bits per heavy atom. The molecule has 5 heteroatoms. The molecule has 148 valence electrons. The van der Waals surface area contributed by atoms with Crippen molar-refractivity contribution in [3.8, 4) is 0 Å². The lowest BCUT2D eigenvalue weighted by Crippen LogP contribution is -2.62. The fourth-order valence-electron chi connectivity index (χ4n) is 7.91. The molecule has 9 atom stereocenters. The molecule has 4 saturated carbocycles. The van der Waals surface area contributed by atoms with Crippen LogP contribution in [0.1, 0.15) is 65.2 Å². The minimum Gasteiger partial charge on any atom is -0.393 e. The topological polar surface area (TPSA) is 98.0 Å². The number of aliphatic hydroxyl groups excluding tert-OH is 3. The minimum atomic E-state index is -1.05. The van der Waals surface area contributed by atoms with Gasteiger partial charge in [-0.2, -0.15) is 0 Å². The molecule has 0 amide bonds. The lowest BCUT2D eigenvalue weighted by molar-refractivity contribution is -0.210. The van der Waals surface area contributed by atoms with Crippen molar-refractivity contribution in [3.63, 3.8) is 0 Å². The van der Waals surface area contributed by atoms with Crippen LogP contribution in [-0.4, -0.2) is 50.6 Å². The summed E-state index contributed by atoms with van der Waals surface area (Å²) in [5.74, 6) is -0.0419. The smallest absolute Gasteiger partial charge is 0.164 e. The van der Waals surface area contributed by atoms with Crippen molar-refractivity contribution in [1.29, 1.82) is 0 Å². The first-order valence-corrected chi connectivity index (χ1v) is 10.4. The molecule has 0 spiro atoms. The Kier molecular flexibility index (Phi) is 4.35. The zero-order chi connectivity index (χ0) is 18.9. The van der Waals surface area contributed by atoms with Gasteiger partial charge in [0.05, 0.1) is 23.7 Å². The second-order valence-electron chi connectivity index (χ2n) is 10.2. The second kappa shape index (κ2) is 6.00. The summed E-state index contributed by atoms with van der Waals surface area (Å²) in [4.78, 5) is 12.4. The van der Waals surface area contributed by atoms with Crippen LogP contribution in [0.4, 0.5) is 0 Å². The monoisotopic (exact) mass is 366 g/mol. The molecule has 0 bridgehead atoms. The molecule has 4 rings (SSSR count). The molecule has 4 aliphatic carbocycles. The maximum atomic E-state index is 12.4. The van der Waals surface area contributed by atoms with Crippen LogP contribution in [0.3, 0.4) is 0 Å². The van der Waals surface area contributed by atoms with Crippen molar-refractivity contribution in [2.45, 2.75) is 83.0 Å². The van der Waals surface area contributed by atoms with Crippen LogP contribution < -0.4 is 0 Å². The number of rotatable bonds is 2. The highest BCUT2D eigenvalue weighted by atomic mass is 16.3. The van der Waals surface area contributed by atoms with Crippen molar-refractivity contribution < 1.29 is 25.2 Å². The van der Waals surface area contributed by atoms with E-state index in [1.807, 2.05) is 6.92 Å². The summed E-state index contributed by atoms with van der Waals surface area (Å²) in [7, 11) is 0. The molecule has 5 nitrogen and oxygen atoms in total. The number of aliphatic hydroxyl groups is 4. The average Bonchev–Trinajstić information content (AvgIpc) is 2.80. The molecule has 0 saturated heterocycles. The Hall–Kier alpha value is -0.490. The fourth-order valence-corrected chi connectivity index (χ4v) is 7.91. The van der Waals surface area contributed by atoms with Crippen LogP contribution in [0.2, 0.25) is 0 Å². The van der Waals surface area contributed by atoms with Crippen molar-refractivity contribution >= 4 is 5.78 Å². The van der Waals surface area contributed by atoms with Crippen LogP contribution in [0, 0.1) is 34.5 Å². The van der Waals surface area contributed by atoms with Gasteiger partial charge in [0.25, 0.3) is 0 Å². The summed E-state index contributed by atoms with van der Waals surface area (Å²) in [6, 6.07) is 0. The van der Waals surface area contributed by atoms with Gasteiger partial charge >= 0.3 is 0 Å². The number of fused-ring (bicyclic) bond motifs is 5. The maximum Gasteiger partial charge on any atom is 0.164 e. The third-order valence-corrected chi connectivity index (χ3v) is 9.34. The summed E-state index contributed by atoms with van der Waals surface area (Å²) in [5.41, 5.74) is -1.58. The van der Waals surface area contributed by atoms with Gasteiger partial charge in [-0.05, 0) is 68.1 Å². The van der Waals surface area contributed by atoms with Crippen molar-refractivity contribution in [2.75, 3.05) is 6.61 Å². The van der Waals surface area contributed by atoms with Crippen LogP contribution in [0.15, 0.2) is 0 Å². The summed E-state index contributed by atoms with van der Waals surface area (Å²) in [6.45, 7) is 3.73. The molecular formula is C21H34O5. The van der Waals surface area contributed by atoms with E-state index in [1.54, 1.807) is 0 Å². The summed E-state index contributed by atoms with van der Waals surface area (Å²) < 4.78 is 0. The van der Waals surface area contributed by atoms with Gasteiger partial charge in [0, 0.05) is 11.8 Å². The molecule has 4 fully saturated rings. The van der Waals surface area contributed by atoms with Crippen molar-refractivity contribution in [3.05, 3.63) is 0 Å². The molecular weight excluding hydrogens is 332 g/mol. The Bertz CT molecular complexity index is 593. The highest BCUT2D eigenvalue weighted by molar-refractivity contribution is 5.84. The first-order valence-electron chi connectivity index (χ1n) is 10.4. The minimum absolute atomic E-state index is 0.0869. The lowest BCUT2D eigenvalue weighted by atomic mass is 9.43. The number of hydrogen-bond donors (Lipinski definition) is 4. The van der Waals surface area contributed by atoms with E-state index in [-0.39, 0.29) is 29.6 Å². The highest BCUT2D eigenvalue weighted by Crippen LogP contribution is 2.69. The average molecular weight is 366 g/mol. The fraction of sp³-hybridized carbons (Fsp3) is 0.952.